The van der Waals surface area contributed by atoms with E-state index in [1.807, 2.05) is 10.8 Å². The van der Waals surface area contributed by atoms with Gasteiger partial charge in [-0.2, -0.15) is 4.98 Å². The van der Waals surface area contributed by atoms with Gasteiger partial charge in [0.05, 0.1) is 4.70 Å². The van der Waals surface area contributed by atoms with E-state index in [1.165, 1.54) is 6.33 Å². The van der Waals surface area contributed by atoms with Gasteiger partial charge in [-0.1, -0.05) is 11.3 Å². The minimum absolute atomic E-state index is 0.730. The molecule has 68 valence electrons. The summed E-state index contributed by atoms with van der Waals surface area (Å²) in [4.78, 5) is 16.3. The van der Waals surface area contributed by atoms with Crippen LogP contribution in [0.3, 0.4) is 0 Å². The first kappa shape index (κ1) is 7.57. The summed E-state index contributed by atoms with van der Waals surface area (Å²) in [5, 5.41) is 0.859. The Morgan fingerprint density at radius 3 is 3.07 bits per heavy atom. The van der Waals surface area contributed by atoms with Gasteiger partial charge in [0.15, 0.2) is 10.8 Å². The monoisotopic (exact) mass is 203 g/mol. The fourth-order valence-corrected chi connectivity index (χ4v) is 2.01. The molecule has 0 saturated carbocycles. The molecule has 0 bridgehead atoms. The highest BCUT2D eigenvalue weighted by molar-refractivity contribution is 7.20. The van der Waals surface area contributed by atoms with Crippen LogP contribution in [0.4, 0.5) is 0 Å². The van der Waals surface area contributed by atoms with Gasteiger partial charge in [-0.05, 0) is 0 Å². The molecule has 5 nitrogen and oxygen atoms in total. The molecule has 3 rings (SSSR count). The van der Waals surface area contributed by atoms with Crippen molar-refractivity contribution in [2.75, 3.05) is 0 Å². The lowest BCUT2D eigenvalue weighted by molar-refractivity contribution is 1.03. The summed E-state index contributed by atoms with van der Waals surface area (Å²) in [6, 6.07) is 0. The predicted octanol–water partition coefficient (Wildman–Crippen LogP) is 1.27. The summed E-state index contributed by atoms with van der Waals surface area (Å²) in [6.07, 6.45) is 8.55. The highest BCUT2D eigenvalue weighted by Gasteiger charge is 2.04. The van der Waals surface area contributed by atoms with Crippen molar-refractivity contribution >= 4 is 21.7 Å². The molecule has 3 heterocycles. The average Bonchev–Trinajstić information content (AvgIpc) is 2.86. The largest absolute Gasteiger partial charge is 0.282 e. The van der Waals surface area contributed by atoms with E-state index in [0.29, 0.717) is 0 Å². The van der Waals surface area contributed by atoms with E-state index in [1.54, 1.807) is 30.1 Å². The van der Waals surface area contributed by atoms with Crippen molar-refractivity contribution < 1.29 is 0 Å². The van der Waals surface area contributed by atoms with Crippen LogP contribution in [0, 0.1) is 0 Å². The Balaban J connectivity index is 2.24. The summed E-state index contributed by atoms with van der Waals surface area (Å²) in [5.74, 6) is 0. The van der Waals surface area contributed by atoms with Crippen LogP contribution < -0.4 is 0 Å². The van der Waals surface area contributed by atoms with Crippen LogP contribution in [-0.2, 0) is 0 Å². The molecule has 0 atom stereocenters. The number of fused-ring (bicyclic) bond motifs is 1. The van der Waals surface area contributed by atoms with Gasteiger partial charge < -0.3 is 0 Å². The van der Waals surface area contributed by atoms with Gasteiger partial charge in [0.25, 0.3) is 0 Å². The molecule has 3 aromatic rings. The van der Waals surface area contributed by atoms with Gasteiger partial charge >= 0.3 is 0 Å². The van der Waals surface area contributed by atoms with Crippen molar-refractivity contribution in [2.24, 2.45) is 0 Å². The Bertz CT molecular complexity index is 523. The van der Waals surface area contributed by atoms with Crippen LogP contribution in [0.1, 0.15) is 0 Å². The molecule has 0 aliphatic carbocycles. The number of nitrogens with zero attached hydrogens (tertiary/aromatic N) is 5. The molecule has 0 radical (unpaired) electrons. The van der Waals surface area contributed by atoms with Crippen LogP contribution in [0.15, 0.2) is 31.2 Å². The number of hydrogen-bond acceptors (Lipinski definition) is 5. The predicted molar refractivity (Wildman–Crippen MR) is 52.3 cm³/mol. The van der Waals surface area contributed by atoms with E-state index in [4.69, 9.17) is 0 Å². The molecule has 0 aliphatic rings. The highest BCUT2D eigenvalue weighted by atomic mass is 32.1. The van der Waals surface area contributed by atoms with E-state index in [-0.39, 0.29) is 0 Å². The zero-order valence-corrected chi connectivity index (χ0v) is 7.85. The van der Waals surface area contributed by atoms with Gasteiger partial charge in [0.1, 0.15) is 12.7 Å². The van der Waals surface area contributed by atoms with Gasteiger partial charge in [-0.25, -0.2) is 15.0 Å². The van der Waals surface area contributed by atoms with E-state index >= 15 is 0 Å². The third kappa shape index (κ3) is 1.08. The molecule has 0 fully saturated rings. The summed E-state index contributed by atoms with van der Waals surface area (Å²) in [6.45, 7) is 0. The second-order valence-corrected chi connectivity index (χ2v) is 3.69. The van der Waals surface area contributed by atoms with Gasteiger partial charge in [0.2, 0.25) is 0 Å². The Morgan fingerprint density at radius 2 is 2.29 bits per heavy atom. The Hall–Kier alpha value is -1.82. The molecule has 0 N–H and O–H groups in total. The first-order valence-corrected chi connectivity index (χ1v) is 4.80. The highest BCUT2D eigenvalue weighted by Crippen LogP contribution is 2.21. The van der Waals surface area contributed by atoms with Gasteiger partial charge in [-0.3, -0.25) is 4.57 Å². The second-order valence-electron chi connectivity index (χ2n) is 2.68. The molecular formula is C8H5N5S. The first-order valence-electron chi connectivity index (χ1n) is 3.98. The molecule has 0 aromatic carbocycles. The van der Waals surface area contributed by atoms with E-state index in [9.17, 15) is 0 Å². The lowest BCUT2D eigenvalue weighted by Gasteiger charge is -1.90. The lowest BCUT2D eigenvalue weighted by Crippen LogP contribution is -1.87. The topological polar surface area (TPSA) is 56.5 Å². The quantitative estimate of drug-likeness (QED) is 0.597. The van der Waals surface area contributed by atoms with Crippen LogP contribution in [0.5, 0.6) is 0 Å². The first-order chi connectivity index (χ1) is 6.93. The summed E-state index contributed by atoms with van der Waals surface area (Å²) < 4.78 is 2.84. The van der Waals surface area contributed by atoms with Crippen LogP contribution in [-0.4, -0.2) is 24.5 Å². The minimum atomic E-state index is 0.730. The Kier molecular flexibility index (Phi) is 1.54. The smallest absolute Gasteiger partial charge is 0.197 e. The van der Waals surface area contributed by atoms with Crippen molar-refractivity contribution in [3.05, 3.63) is 31.2 Å². The van der Waals surface area contributed by atoms with Crippen LogP contribution >= 0.6 is 11.3 Å². The molecule has 0 saturated heterocycles. The van der Waals surface area contributed by atoms with E-state index in [0.717, 1.165) is 15.5 Å². The zero-order valence-electron chi connectivity index (χ0n) is 7.03. The van der Waals surface area contributed by atoms with Crippen LogP contribution in [0.25, 0.3) is 15.5 Å². The third-order valence-electron chi connectivity index (χ3n) is 1.79. The van der Waals surface area contributed by atoms with E-state index in [2.05, 4.69) is 19.9 Å². The SMILES string of the molecule is c1cn(-c2nc3ncncc3s2)cn1. The normalized spacial score (nSPS) is 10.9. The molecule has 0 aliphatic heterocycles. The maximum absolute atomic E-state index is 4.35. The second kappa shape index (κ2) is 2.85. The molecule has 6 heteroatoms. The van der Waals surface area contributed by atoms with E-state index < -0.39 is 0 Å². The minimum Gasteiger partial charge on any atom is -0.282 e. The zero-order chi connectivity index (χ0) is 9.38. The van der Waals surface area contributed by atoms with Crippen molar-refractivity contribution in [3.63, 3.8) is 0 Å². The fraction of sp³-hybridized carbons (Fsp3) is 0. The molecule has 0 amide bonds. The molecule has 3 aromatic heterocycles. The number of thiazole rings is 1. The molecular weight excluding hydrogens is 198 g/mol. The third-order valence-corrected chi connectivity index (χ3v) is 2.78. The standard InChI is InChI=1S/C8H5N5S/c1-2-13(5-9-1)8-12-7-6(14-8)3-10-4-11-7/h1-5H. The van der Waals surface area contributed by atoms with Crippen LogP contribution in [0.2, 0.25) is 0 Å². The Labute approximate surface area is 83.1 Å². The lowest BCUT2D eigenvalue weighted by atomic mass is 10.6. The molecule has 0 unspecified atom stereocenters. The van der Waals surface area contributed by atoms with Crippen molar-refractivity contribution in [3.8, 4) is 5.13 Å². The number of hydrogen-bond donors (Lipinski definition) is 0. The average molecular weight is 203 g/mol. The van der Waals surface area contributed by atoms with Crippen molar-refractivity contribution in [1.82, 2.24) is 24.5 Å². The number of imidazole rings is 1. The summed E-state index contributed by atoms with van der Waals surface area (Å²) in [5.41, 5.74) is 0.730. The molecule has 0 spiro atoms. The van der Waals surface area contributed by atoms with Gasteiger partial charge in [0, 0.05) is 18.6 Å². The maximum atomic E-state index is 4.35. The Morgan fingerprint density at radius 1 is 1.29 bits per heavy atom. The fourth-order valence-electron chi connectivity index (χ4n) is 1.16. The number of rotatable bonds is 1. The number of aromatic nitrogens is 5. The van der Waals surface area contributed by atoms with Crippen molar-refractivity contribution in [1.29, 1.82) is 0 Å². The molecule has 14 heavy (non-hydrogen) atoms. The maximum Gasteiger partial charge on any atom is 0.197 e. The summed E-state index contributed by atoms with van der Waals surface area (Å²) in [7, 11) is 0. The van der Waals surface area contributed by atoms with Crippen molar-refractivity contribution in [2.45, 2.75) is 0 Å². The van der Waals surface area contributed by atoms with Gasteiger partial charge in [-0.15, -0.1) is 0 Å². The summed E-state index contributed by atoms with van der Waals surface area (Å²) >= 11 is 1.54.